The molecule has 0 heterocycles. The molecule has 0 aliphatic rings. The molecular weight excluding hydrogens is 351 g/mol. The van der Waals surface area contributed by atoms with Crippen molar-refractivity contribution in [3.63, 3.8) is 0 Å². The van der Waals surface area contributed by atoms with Gasteiger partial charge in [-0.1, -0.05) is 0 Å². The second-order valence-electron chi connectivity index (χ2n) is 0. The normalized spacial score (nSPS) is 0. The SMILES string of the molecule is P.[BiH3].[Fe].[Mn]. The molecule has 0 aromatic rings. The van der Waals surface area contributed by atoms with Crippen molar-refractivity contribution in [1.29, 1.82) is 0 Å². The molecule has 0 spiro atoms. The molecule has 0 saturated heterocycles. The first-order chi connectivity index (χ1) is 0. The molecule has 31 valence electrons. The molecule has 0 bridgehead atoms. The van der Waals surface area contributed by atoms with E-state index in [-0.39, 0.29) is 70.2 Å². The van der Waals surface area contributed by atoms with E-state index in [0.717, 1.165) is 0 Å². The van der Waals surface area contributed by atoms with Crippen LogP contribution in [0.5, 0.6) is 0 Å². The molecule has 4 heteroatoms. The van der Waals surface area contributed by atoms with E-state index in [2.05, 4.69) is 0 Å². The molecule has 0 aliphatic heterocycles. The Balaban J connectivity index is 0. The van der Waals surface area contributed by atoms with Crippen molar-refractivity contribution < 1.29 is 34.1 Å². The molecule has 0 aromatic heterocycles. The van der Waals surface area contributed by atoms with Crippen molar-refractivity contribution in [2.24, 2.45) is 0 Å². The first-order valence-corrected chi connectivity index (χ1v) is 0. The second kappa shape index (κ2) is 18.3. The van der Waals surface area contributed by atoms with E-state index >= 15 is 0 Å². The molecule has 0 saturated carbocycles. The summed E-state index contributed by atoms with van der Waals surface area (Å²) in [5.41, 5.74) is 0. The van der Waals surface area contributed by atoms with Gasteiger partial charge in [-0.05, 0) is 0 Å². The van der Waals surface area contributed by atoms with Crippen LogP contribution < -0.4 is 0 Å². The summed E-state index contributed by atoms with van der Waals surface area (Å²) >= 11 is 0. The van der Waals surface area contributed by atoms with Gasteiger partial charge in [-0.3, -0.25) is 0 Å². The Morgan fingerprint density at radius 3 is 1.00 bits per heavy atom. The van der Waals surface area contributed by atoms with Gasteiger partial charge in [-0.2, -0.15) is 9.90 Å². The molecule has 0 aromatic carbocycles. The molecule has 0 N–H and O–H groups in total. The fourth-order valence-corrected chi connectivity index (χ4v) is 0. The van der Waals surface area contributed by atoms with Crippen LogP contribution in [0.2, 0.25) is 0 Å². The molecular formula is H6BiFeMnP. The van der Waals surface area contributed by atoms with Crippen LogP contribution in [-0.2, 0) is 34.1 Å². The van der Waals surface area contributed by atoms with Crippen LogP contribution in [0.3, 0.4) is 0 Å². The zero-order valence-electron chi connectivity index (χ0n) is 2.15. The smallest absolute Gasteiger partial charge is 0 e. The molecule has 1 atom stereocenters. The molecule has 0 aliphatic carbocycles. The molecule has 4 heavy (non-hydrogen) atoms. The van der Waals surface area contributed by atoms with Crippen LogP contribution in [0.25, 0.3) is 0 Å². The van der Waals surface area contributed by atoms with Gasteiger partial charge in [-0.25, -0.2) is 0 Å². The Bertz CT molecular complexity index is 8.00. The Kier molecular flexibility index (Phi) is 151. The van der Waals surface area contributed by atoms with Gasteiger partial charge in [0.2, 0.25) is 0 Å². The van der Waals surface area contributed by atoms with Crippen molar-refractivity contribution >= 4 is 36.1 Å². The molecule has 0 amide bonds. The average molecular weight is 357 g/mol. The third kappa shape index (κ3) is 8.84. The van der Waals surface area contributed by atoms with Crippen molar-refractivity contribution in [3.05, 3.63) is 0 Å². The van der Waals surface area contributed by atoms with Crippen LogP contribution in [0, 0.1) is 0 Å². The maximum absolute atomic E-state index is 0. The van der Waals surface area contributed by atoms with Gasteiger partial charge in [0.15, 0.2) is 0 Å². The number of rotatable bonds is 0. The Labute approximate surface area is 69.6 Å². The summed E-state index contributed by atoms with van der Waals surface area (Å²) < 4.78 is 0. The molecule has 0 fully saturated rings. The Hall–Kier alpha value is 2.35. The van der Waals surface area contributed by atoms with Gasteiger partial charge in [0.25, 0.3) is 0 Å². The van der Waals surface area contributed by atoms with Gasteiger partial charge in [0.1, 0.15) is 0 Å². The molecule has 1 radical (unpaired) electrons. The van der Waals surface area contributed by atoms with E-state index in [1.165, 1.54) is 0 Å². The molecule has 1 unspecified atom stereocenters. The topological polar surface area (TPSA) is 0 Å². The van der Waals surface area contributed by atoms with Crippen LogP contribution >= 0.6 is 9.90 Å². The molecule has 0 nitrogen and oxygen atoms in total. The predicted octanol–water partition coefficient (Wildman–Crippen LogP) is -1.13. The third-order valence-corrected chi connectivity index (χ3v) is 0. The Morgan fingerprint density at radius 2 is 1.00 bits per heavy atom. The van der Waals surface area contributed by atoms with E-state index in [9.17, 15) is 0 Å². The minimum absolute atomic E-state index is 0. The monoisotopic (exact) mass is 357 g/mol. The van der Waals surface area contributed by atoms with E-state index < -0.39 is 0 Å². The minimum Gasteiger partial charge on any atom is 0 e. The summed E-state index contributed by atoms with van der Waals surface area (Å²) in [4.78, 5) is 0. The van der Waals surface area contributed by atoms with Crippen molar-refractivity contribution in [2.75, 3.05) is 0 Å². The van der Waals surface area contributed by atoms with Gasteiger partial charge in [-0.15, -0.1) is 0 Å². The first-order valence-electron chi connectivity index (χ1n) is 0. The zero-order chi connectivity index (χ0) is 0. The van der Waals surface area contributed by atoms with Crippen LogP contribution in [0.1, 0.15) is 0 Å². The van der Waals surface area contributed by atoms with E-state index in [0.29, 0.717) is 0 Å². The third-order valence-electron chi connectivity index (χ3n) is 0. The van der Waals surface area contributed by atoms with Gasteiger partial charge < -0.3 is 0 Å². The second-order valence-corrected chi connectivity index (χ2v) is 0. The largest absolute Gasteiger partial charge is 0 e. The average Bonchev–Trinajstić information content (AvgIpc) is 0. The minimum atomic E-state index is 0. The molecule has 0 rings (SSSR count). The summed E-state index contributed by atoms with van der Waals surface area (Å²) in [7, 11) is 0. The quantitative estimate of drug-likeness (QED) is 0.381. The van der Waals surface area contributed by atoms with Crippen LogP contribution in [0.4, 0.5) is 0 Å². The summed E-state index contributed by atoms with van der Waals surface area (Å²) in [6, 6.07) is 0. The number of hydrogen-bond donors (Lipinski definition) is 0. The summed E-state index contributed by atoms with van der Waals surface area (Å²) in [5, 5.41) is 0. The zero-order valence-corrected chi connectivity index (χ0v) is 11.3. The number of hydrogen-bond acceptors (Lipinski definition) is 0. The van der Waals surface area contributed by atoms with Crippen LogP contribution in [0.15, 0.2) is 0 Å². The maximum Gasteiger partial charge on any atom is 0 e. The van der Waals surface area contributed by atoms with Crippen molar-refractivity contribution in [2.45, 2.75) is 0 Å². The summed E-state index contributed by atoms with van der Waals surface area (Å²) in [6.07, 6.45) is 0. The van der Waals surface area contributed by atoms with Crippen molar-refractivity contribution in [3.8, 4) is 0 Å². The maximum atomic E-state index is 0. The first kappa shape index (κ1) is 32.9. The van der Waals surface area contributed by atoms with Gasteiger partial charge in [0, 0.05) is 34.1 Å². The van der Waals surface area contributed by atoms with E-state index in [4.69, 9.17) is 0 Å². The van der Waals surface area contributed by atoms with Crippen LogP contribution in [-0.4, -0.2) is 26.2 Å². The summed E-state index contributed by atoms with van der Waals surface area (Å²) in [6.45, 7) is 0. The van der Waals surface area contributed by atoms with E-state index in [1.807, 2.05) is 0 Å². The fourth-order valence-electron chi connectivity index (χ4n) is 0. The summed E-state index contributed by atoms with van der Waals surface area (Å²) in [5.74, 6) is 0. The fraction of sp³-hybridized carbons (Fsp3) is 0. The predicted molar refractivity (Wildman–Crippen MR) is 21.0 cm³/mol. The van der Waals surface area contributed by atoms with Crippen molar-refractivity contribution in [1.82, 2.24) is 0 Å². The van der Waals surface area contributed by atoms with Gasteiger partial charge in [0.05, 0.1) is 0 Å². The Morgan fingerprint density at radius 1 is 1.00 bits per heavy atom. The van der Waals surface area contributed by atoms with Gasteiger partial charge >= 0.3 is 26.2 Å². The standard InChI is InChI=1S/Bi.Fe.Mn.H3P.3H/h;;;1H3;;;. The van der Waals surface area contributed by atoms with E-state index in [1.54, 1.807) is 0 Å².